The highest BCUT2D eigenvalue weighted by atomic mass is 32.2. The van der Waals surface area contributed by atoms with Crippen molar-refractivity contribution in [3.8, 4) is 0 Å². The van der Waals surface area contributed by atoms with E-state index in [-0.39, 0.29) is 17.9 Å². The number of ketones is 1. The third kappa shape index (κ3) is 5.10. The maximum Gasteiger partial charge on any atom is 0.373 e. The van der Waals surface area contributed by atoms with E-state index in [0.29, 0.717) is 30.8 Å². The molecule has 126 valence electrons. The zero-order valence-corrected chi connectivity index (χ0v) is 14.1. The first-order valence-corrected chi connectivity index (χ1v) is 8.89. The molecule has 0 bridgehead atoms. The summed E-state index contributed by atoms with van der Waals surface area (Å²) in [5.41, 5.74) is 1.03. The van der Waals surface area contributed by atoms with E-state index in [2.05, 4.69) is 0 Å². The molecule has 1 atom stereocenters. The van der Waals surface area contributed by atoms with Gasteiger partial charge < -0.3 is 0 Å². The lowest BCUT2D eigenvalue weighted by molar-refractivity contribution is -0.191. The molecule has 1 heterocycles. The van der Waals surface area contributed by atoms with E-state index < -0.39 is 10.0 Å². The standard InChI is InChI=1S/C15H21NO3S.CO2/c1-3-13-8-10-16(11-9-15(13)17)20(18,19)14-6-4-12(2)5-7-14;2-1-3/h4-7,13H,3,8-11H2,1-2H3;. The Morgan fingerprint density at radius 2 is 1.74 bits per heavy atom. The van der Waals surface area contributed by atoms with Gasteiger partial charge in [-0.25, -0.2) is 8.42 Å². The van der Waals surface area contributed by atoms with Crippen LogP contribution in [0.2, 0.25) is 0 Å². The normalized spacial score (nSPS) is 19.2. The largest absolute Gasteiger partial charge is 0.373 e. The number of sulfonamides is 1. The highest BCUT2D eigenvalue weighted by molar-refractivity contribution is 7.89. The van der Waals surface area contributed by atoms with Gasteiger partial charge in [0.15, 0.2) is 0 Å². The summed E-state index contributed by atoms with van der Waals surface area (Å²) in [5, 5.41) is 0. The summed E-state index contributed by atoms with van der Waals surface area (Å²) in [4.78, 5) is 28.4. The van der Waals surface area contributed by atoms with Crippen LogP contribution < -0.4 is 0 Å². The van der Waals surface area contributed by atoms with Crippen molar-refractivity contribution < 1.29 is 22.8 Å². The minimum atomic E-state index is -3.48. The molecule has 6 nitrogen and oxygen atoms in total. The maximum atomic E-state index is 12.6. The van der Waals surface area contributed by atoms with Crippen LogP contribution >= 0.6 is 0 Å². The second kappa shape index (κ2) is 8.72. The topological polar surface area (TPSA) is 88.6 Å². The number of nitrogens with zero attached hydrogens (tertiary/aromatic N) is 1. The fourth-order valence-corrected chi connectivity index (χ4v) is 4.00. The first-order chi connectivity index (χ1) is 10.9. The van der Waals surface area contributed by atoms with Gasteiger partial charge in [0.1, 0.15) is 5.78 Å². The fraction of sp³-hybridized carbons (Fsp3) is 0.500. The molecule has 1 aromatic rings. The van der Waals surface area contributed by atoms with Crippen LogP contribution in [0, 0.1) is 12.8 Å². The van der Waals surface area contributed by atoms with Gasteiger partial charge in [0.2, 0.25) is 10.0 Å². The molecule has 0 aliphatic carbocycles. The Kier molecular flexibility index (Phi) is 7.29. The van der Waals surface area contributed by atoms with E-state index in [1.165, 1.54) is 4.31 Å². The molecule has 1 aromatic carbocycles. The molecule has 1 fully saturated rings. The summed E-state index contributed by atoms with van der Waals surface area (Å²) in [7, 11) is -3.48. The zero-order valence-electron chi connectivity index (χ0n) is 13.3. The van der Waals surface area contributed by atoms with Crippen molar-refractivity contribution in [3.63, 3.8) is 0 Å². The highest BCUT2D eigenvalue weighted by Crippen LogP contribution is 2.23. The van der Waals surface area contributed by atoms with Crippen molar-refractivity contribution >= 4 is 22.0 Å². The summed E-state index contributed by atoms with van der Waals surface area (Å²) < 4.78 is 26.6. The molecular weight excluding hydrogens is 318 g/mol. The number of rotatable bonds is 3. The highest BCUT2D eigenvalue weighted by Gasteiger charge is 2.30. The van der Waals surface area contributed by atoms with Crippen LogP contribution in [-0.2, 0) is 24.4 Å². The lowest BCUT2D eigenvalue weighted by Gasteiger charge is -2.20. The van der Waals surface area contributed by atoms with E-state index >= 15 is 0 Å². The molecule has 1 aliphatic rings. The quantitative estimate of drug-likeness (QED) is 0.837. The Morgan fingerprint density at radius 3 is 2.26 bits per heavy atom. The van der Waals surface area contributed by atoms with Crippen molar-refractivity contribution in [2.45, 2.75) is 38.0 Å². The van der Waals surface area contributed by atoms with Gasteiger partial charge in [-0.1, -0.05) is 24.6 Å². The molecular formula is C16H21NO5S. The van der Waals surface area contributed by atoms with Gasteiger partial charge in [0.25, 0.3) is 0 Å². The molecule has 7 heteroatoms. The van der Waals surface area contributed by atoms with Crippen LogP contribution in [0.4, 0.5) is 0 Å². The van der Waals surface area contributed by atoms with Gasteiger partial charge in [-0.05, 0) is 31.9 Å². The third-order valence-corrected chi connectivity index (χ3v) is 5.85. The third-order valence-electron chi connectivity index (χ3n) is 3.94. The minimum absolute atomic E-state index is 0.00761. The number of carbonyl (C=O) groups excluding carboxylic acids is 3. The number of Topliss-reactive ketones (excluding diaryl/α,β-unsaturated/α-hetero) is 1. The van der Waals surface area contributed by atoms with E-state index in [1.807, 2.05) is 13.8 Å². The van der Waals surface area contributed by atoms with Crippen molar-refractivity contribution in [1.82, 2.24) is 4.31 Å². The average Bonchev–Trinajstić information content (AvgIpc) is 2.70. The molecule has 0 aromatic heterocycles. The first kappa shape index (κ1) is 19.2. The predicted molar refractivity (Wildman–Crippen MR) is 83.0 cm³/mol. The van der Waals surface area contributed by atoms with Crippen molar-refractivity contribution in [2.75, 3.05) is 13.1 Å². The summed E-state index contributed by atoms with van der Waals surface area (Å²) in [6.07, 6.45) is 1.99. The summed E-state index contributed by atoms with van der Waals surface area (Å²) in [6.45, 7) is 4.63. The summed E-state index contributed by atoms with van der Waals surface area (Å²) >= 11 is 0. The molecule has 0 spiro atoms. The number of hydrogen-bond donors (Lipinski definition) is 0. The first-order valence-electron chi connectivity index (χ1n) is 7.45. The molecule has 1 aliphatic heterocycles. The van der Waals surface area contributed by atoms with Crippen LogP contribution in [0.5, 0.6) is 0 Å². The van der Waals surface area contributed by atoms with E-state index in [9.17, 15) is 13.2 Å². The Labute approximate surface area is 136 Å². The Balaban J connectivity index is 0.000000816. The molecule has 0 N–H and O–H groups in total. The van der Waals surface area contributed by atoms with E-state index in [1.54, 1.807) is 24.3 Å². The molecule has 0 amide bonds. The second-order valence-electron chi connectivity index (χ2n) is 5.41. The Hall–Kier alpha value is -1.82. The van der Waals surface area contributed by atoms with Gasteiger partial charge in [0, 0.05) is 25.4 Å². The molecule has 2 rings (SSSR count). The number of benzene rings is 1. The smallest absolute Gasteiger partial charge is 0.299 e. The SMILES string of the molecule is CCC1CCN(S(=O)(=O)c2ccc(C)cc2)CCC1=O.O=C=O. The molecule has 1 unspecified atom stereocenters. The maximum absolute atomic E-state index is 12.6. The summed E-state index contributed by atoms with van der Waals surface area (Å²) in [6, 6.07) is 6.86. The number of hydrogen-bond acceptors (Lipinski definition) is 5. The van der Waals surface area contributed by atoms with E-state index in [0.717, 1.165) is 12.0 Å². The molecule has 0 radical (unpaired) electrons. The lowest BCUT2D eigenvalue weighted by atomic mass is 9.97. The van der Waals surface area contributed by atoms with Crippen LogP contribution in [0.25, 0.3) is 0 Å². The fourth-order valence-electron chi connectivity index (χ4n) is 2.54. The monoisotopic (exact) mass is 339 g/mol. The van der Waals surface area contributed by atoms with Crippen molar-refractivity contribution in [3.05, 3.63) is 29.8 Å². The Bertz CT molecular complexity index is 660. The van der Waals surface area contributed by atoms with Crippen LogP contribution in [0.1, 0.15) is 31.7 Å². The van der Waals surface area contributed by atoms with E-state index in [4.69, 9.17) is 9.59 Å². The van der Waals surface area contributed by atoms with Gasteiger partial charge >= 0.3 is 6.15 Å². The number of aryl methyl sites for hydroxylation is 1. The average molecular weight is 339 g/mol. The van der Waals surface area contributed by atoms with Crippen LogP contribution in [-0.4, -0.2) is 37.7 Å². The predicted octanol–water partition coefficient (Wildman–Crippen LogP) is 1.79. The number of carbonyl (C=O) groups is 1. The van der Waals surface area contributed by atoms with Crippen LogP contribution in [0.15, 0.2) is 29.2 Å². The van der Waals surface area contributed by atoms with Crippen LogP contribution in [0.3, 0.4) is 0 Å². The van der Waals surface area contributed by atoms with Gasteiger partial charge in [-0.3, -0.25) is 4.79 Å². The van der Waals surface area contributed by atoms with Crippen molar-refractivity contribution in [1.29, 1.82) is 0 Å². The van der Waals surface area contributed by atoms with Crippen molar-refractivity contribution in [2.24, 2.45) is 5.92 Å². The minimum Gasteiger partial charge on any atom is -0.299 e. The van der Waals surface area contributed by atoms with Gasteiger partial charge in [0.05, 0.1) is 4.90 Å². The molecule has 0 saturated carbocycles. The lowest BCUT2D eigenvalue weighted by Crippen LogP contribution is -2.32. The van der Waals surface area contributed by atoms with Gasteiger partial charge in [-0.2, -0.15) is 13.9 Å². The molecule has 1 saturated heterocycles. The zero-order chi connectivity index (χ0) is 17.5. The molecule has 23 heavy (non-hydrogen) atoms. The second-order valence-corrected chi connectivity index (χ2v) is 7.35. The Morgan fingerprint density at radius 1 is 1.17 bits per heavy atom. The summed E-state index contributed by atoms with van der Waals surface area (Å²) in [5.74, 6) is 0.197. The van der Waals surface area contributed by atoms with Gasteiger partial charge in [-0.15, -0.1) is 0 Å².